The molecule has 0 rings (SSSR count). The van der Waals surface area contributed by atoms with Crippen molar-refractivity contribution in [3.8, 4) is 0 Å². The normalized spacial score (nSPS) is 14.2. The Kier molecular flexibility index (Phi) is 11.7. The van der Waals surface area contributed by atoms with Gasteiger partial charge < -0.3 is 0 Å². The van der Waals surface area contributed by atoms with Crippen LogP contribution in [0.15, 0.2) is 0 Å². The fourth-order valence-corrected chi connectivity index (χ4v) is 2.90. The van der Waals surface area contributed by atoms with E-state index in [1.54, 1.807) is 0 Å². The molecule has 0 heterocycles. The first kappa shape index (κ1) is 24.1. The summed E-state index contributed by atoms with van der Waals surface area (Å²) in [4.78, 5) is 23.8. The molecule has 0 saturated heterocycles. The first-order valence-corrected chi connectivity index (χ1v) is 9.52. The van der Waals surface area contributed by atoms with E-state index in [0.717, 1.165) is 0 Å². The largest absolute Gasteiger partial charge is 0.811 e. The lowest BCUT2D eigenvalue weighted by Crippen LogP contribution is -2.33. The lowest BCUT2D eigenvalue weighted by atomic mass is 10.1. The Balaban J connectivity index is 4.75. The molecule has 2 atom stereocenters. The standard InChI is InChI=1S/C12H20Cl4N2O5P/c1-7(2)5-9(17(13)14)11(19)22-24(21)23-12(20)10(18(15)16)6-8(3)4/h7-10H,5-6H2,1-4H3/q+1/t9-,10-/m0/s1. The molecule has 140 valence electrons. The molecule has 0 aliphatic heterocycles. The summed E-state index contributed by atoms with van der Waals surface area (Å²) < 4.78 is 22.1. The van der Waals surface area contributed by atoms with Gasteiger partial charge in [0.25, 0.3) is 0 Å². The van der Waals surface area contributed by atoms with Crippen molar-refractivity contribution >= 4 is 67.3 Å². The van der Waals surface area contributed by atoms with Gasteiger partial charge in [-0.15, -0.1) is 7.88 Å². The second-order valence-electron chi connectivity index (χ2n) is 5.85. The van der Waals surface area contributed by atoms with E-state index in [1.165, 1.54) is 0 Å². The van der Waals surface area contributed by atoms with Gasteiger partial charge in [0.1, 0.15) is 12.1 Å². The number of hydrogen-bond acceptors (Lipinski definition) is 7. The second kappa shape index (κ2) is 11.7. The summed E-state index contributed by atoms with van der Waals surface area (Å²) in [5.74, 6) is -1.81. The van der Waals surface area contributed by atoms with Crippen LogP contribution < -0.4 is 0 Å². The highest BCUT2D eigenvalue weighted by molar-refractivity contribution is 7.34. The molecule has 0 aliphatic rings. The summed E-state index contributed by atoms with van der Waals surface area (Å²) in [5.41, 5.74) is 0. The van der Waals surface area contributed by atoms with Gasteiger partial charge in [-0.05, 0) is 71.8 Å². The quantitative estimate of drug-likeness (QED) is 0.354. The molecule has 12 heteroatoms. The van der Waals surface area contributed by atoms with Gasteiger partial charge in [-0.25, -0.2) is 9.59 Å². The lowest BCUT2D eigenvalue weighted by molar-refractivity contribution is -0.141. The summed E-state index contributed by atoms with van der Waals surface area (Å²) in [6.45, 7) is 7.35. The van der Waals surface area contributed by atoms with Crippen LogP contribution >= 0.6 is 55.4 Å². The van der Waals surface area contributed by atoms with Crippen LogP contribution in [-0.4, -0.2) is 31.9 Å². The minimum atomic E-state index is -3.06. The number of rotatable bonds is 10. The zero-order valence-corrected chi connectivity index (χ0v) is 17.5. The molecule has 0 fully saturated rings. The smallest absolute Gasteiger partial charge is 0.245 e. The molecule has 0 amide bonds. The van der Waals surface area contributed by atoms with Gasteiger partial charge >= 0.3 is 20.2 Å². The zero-order valence-electron chi connectivity index (χ0n) is 13.6. The van der Waals surface area contributed by atoms with Gasteiger partial charge in [0.2, 0.25) is 0 Å². The van der Waals surface area contributed by atoms with Gasteiger partial charge in [-0.1, -0.05) is 27.7 Å². The summed E-state index contributed by atoms with van der Waals surface area (Å²) in [6.07, 6.45) is 0.520. The molecule has 0 bridgehead atoms. The van der Waals surface area contributed by atoms with E-state index in [2.05, 4.69) is 9.05 Å². The van der Waals surface area contributed by atoms with Gasteiger partial charge in [-0.3, -0.25) is 0 Å². The summed E-state index contributed by atoms with van der Waals surface area (Å²) in [6, 6.07) is -2.09. The Hall–Kier alpha value is 0.120. The first-order chi connectivity index (χ1) is 11.0. The Morgan fingerprint density at radius 3 is 1.33 bits per heavy atom. The van der Waals surface area contributed by atoms with Crippen LogP contribution in [0.4, 0.5) is 0 Å². The summed E-state index contributed by atoms with van der Waals surface area (Å²) in [7, 11) is -3.06. The predicted octanol–water partition coefficient (Wildman–Crippen LogP) is 4.78. The lowest BCUT2D eigenvalue weighted by Gasteiger charge is -2.17. The molecule has 0 aliphatic carbocycles. The maximum absolute atomic E-state index is 11.9. The Morgan fingerprint density at radius 2 is 1.12 bits per heavy atom. The Bertz CT molecular complexity index is 413. The van der Waals surface area contributed by atoms with Crippen molar-refractivity contribution in [3.63, 3.8) is 0 Å². The number of hydrogen-bond donors (Lipinski definition) is 0. The van der Waals surface area contributed by atoms with Crippen molar-refractivity contribution in [2.75, 3.05) is 0 Å². The number of nitrogens with zero attached hydrogens (tertiary/aromatic N) is 2. The molecule has 0 unspecified atom stereocenters. The van der Waals surface area contributed by atoms with E-state index in [1.807, 2.05) is 27.7 Å². The van der Waals surface area contributed by atoms with Crippen LogP contribution in [0.3, 0.4) is 0 Å². The third kappa shape index (κ3) is 9.56. The van der Waals surface area contributed by atoms with E-state index < -0.39 is 32.3 Å². The van der Waals surface area contributed by atoms with E-state index in [4.69, 9.17) is 47.1 Å². The molecular weight excluding hydrogens is 425 g/mol. The van der Waals surface area contributed by atoms with Crippen LogP contribution in [0.25, 0.3) is 0 Å². The monoisotopic (exact) mass is 443 g/mol. The van der Waals surface area contributed by atoms with Gasteiger partial charge in [0.15, 0.2) is 0 Å². The van der Waals surface area contributed by atoms with Crippen molar-refractivity contribution in [1.29, 1.82) is 0 Å². The van der Waals surface area contributed by atoms with Crippen molar-refractivity contribution in [2.45, 2.75) is 52.6 Å². The van der Waals surface area contributed by atoms with Gasteiger partial charge in [-0.2, -0.15) is 9.05 Å². The average Bonchev–Trinajstić information content (AvgIpc) is 2.40. The molecule has 0 saturated carbocycles. The van der Waals surface area contributed by atoms with Crippen LogP contribution in [0, 0.1) is 11.8 Å². The van der Waals surface area contributed by atoms with Crippen LogP contribution in [0.2, 0.25) is 0 Å². The molecule has 24 heavy (non-hydrogen) atoms. The van der Waals surface area contributed by atoms with Crippen molar-refractivity contribution < 1.29 is 23.2 Å². The Labute approximate surface area is 162 Å². The minimum absolute atomic E-state index is 0.0689. The summed E-state index contributed by atoms with van der Waals surface area (Å²) in [5, 5.41) is 0. The van der Waals surface area contributed by atoms with Crippen molar-refractivity contribution in [3.05, 3.63) is 0 Å². The number of carbonyl (C=O) groups excluding carboxylic acids is 2. The molecular formula is C12H20Cl4N2O5P+. The van der Waals surface area contributed by atoms with Crippen molar-refractivity contribution in [2.24, 2.45) is 11.8 Å². The molecule has 0 aromatic heterocycles. The van der Waals surface area contributed by atoms with E-state index in [0.29, 0.717) is 7.88 Å². The topological polar surface area (TPSA) is 76.2 Å². The molecule has 0 aromatic rings. The maximum Gasteiger partial charge on any atom is 0.811 e. The maximum atomic E-state index is 11.9. The highest BCUT2D eigenvalue weighted by Crippen LogP contribution is 2.30. The third-order valence-electron chi connectivity index (χ3n) is 2.73. The molecule has 7 nitrogen and oxygen atoms in total. The van der Waals surface area contributed by atoms with E-state index in [9.17, 15) is 14.2 Å². The van der Waals surface area contributed by atoms with Crippen molar-refractivity contribution in [1.82, 2.24) is 7.88 Å². The fourth-order valence-electron chi connectivity index (χ4n) is 1.69. The minimum Gasteiger partial charge on any atom is -0.245 e. The van der Waals surface area contributed by atoms with Gasteiger partial charge in [0, 0.05) is 4.57 Å². The van der Waals surface area contributed by atoms with Crippen LogP contribution in [0.1, 0.15) is 40.5 Å². The average molecular weight is 445 g/mol. The SMILES string of the molecule is CC(C)C[C@@H](C(=O)O[P+](=O)OC(=O)[C@H](CC(C)C)N(Cl)Cl)N(Cl)Cl. The third-order valence-corrected chi connectivity index (χ3v) is 4.33. The summed E-state index contributed by atoms with van der Waals surface area (Å²) >= 11 is 22.3. The van der Waals surface area contributed by atoms with E-state index >= 15 is 0 Å². The highest BCUT2D eigenvalue weighted by Gasteiger charge is 2.40. The highest BCUT2D eigenvalue weighted by atomic mass is 35.5. The van der Waals surface area contributed by atoms with Crippen LogP contribution in [0.5, 0.6) is 0 Å². The van der Waals surface area contributed by atoms with E-state index in [-0.39, 0.29) is 24.7 Å². The molecule has 0 radical (unpaired) electrons. The van der Waals surface area contributed by atoms with Gasteiger partial charge in [0.05, 0.1) is 0 Å². The second-order valence-corrected chi connectivity index (χ2v) is 8.47. The Morgan fingerprint density at radius 1 is 0.833 bits per heavy atom. The molecule has 0 N–H and O–H groups in total. The van der Waals surface area contributed by atoms with Crippen LogP contribution in [-0.2, 0) is 23.2 Å². The fraction of sp³-hybridized carbons (Fsp3) is 0.833. The number of carbonyl (C=O) groups is 2. The zero-order chi connectivity index (χ0) is 19.0. The molecule has 0 aromatic carbocycles. The predicted molar refractivity (Wildman–Crippen MR) is 93.4 cm³/mol. The first-order valence-electron chi connectivity index (χ1n) is 7.08. The molecule has 0 spiro atoms. The number of halogens is 4.